The van der Waals surface area contributed by atoms with Crippen molar-refractivity contribution in [3.8, 4) is 11.4 Å². The van der Waals surface area contributed by atoms with Gasteiger partial charge >= 0.3 is 0 Å². The first-order chi connectivity index (χ1) is 6.66. The second-order valence-corrected chi connectivity index (χ2v) is 4.31. The summed E-state index contributed by atoms with van der Waals surface area (Å²) in [6.45, 7) is 0. The Bertz CT molecular complexity index is 448. The number of benzene rings is 1. The van der Waals surface area contributed by atoms with Crippen LogP contribution in [0.2, 0.25) is 5.15 Å². The summed E-state index contributed by atoms with van der Waals surface area (Å²) in [7, 11) is 1.93. The molecule has 1 aromatic carbocycles. The molecule has 2 aromatic rings. The van der Waals surface area contributed by atoms with Crippen molar-refractivity contribution in [2.45, 2.75) is 0 Å². The minimum absolute atomic E-state index is 0.519. The zero-order chi connectivity index (χ0) is 10.1. The molecule has 0 bridgehead atoms. The number of rotatable bonds is 1. The SMILES string of the molecule is Cn1cc(Cl)nc1-c1ccc(Br)cc1. The van der Waals surface area contributed by atoms with Crippen molar-refractivity contribution in [3.05, 3.63) is 40.1 Å². The first-order valence-electron chi connectivity index (χ1n) is 4.11. The molecule has 0 spiro atoms. The highest BCUT2D eigenvalue weighted by molar-refractivity contribution is 9.10. The van der Waals surface area contributed by atoms with E-state index in [9.17, 15) is 0 Å². The Morgan fingerprint density at radius 2 is 1.93 bits per heavy atom. The Hall–Kier alpha value is -0.800. The maximum absolute atomic E-state index is 5.81. The smallest absolute Gasteiger partial charge is 0.147 e. The predicted molar refractivity (Wildman–Crippen MR) is 61.4 cm³/mol. The number of aryl methyl sites for hydroxylation is 1. The molecule has 0 radical (unpaired) electrons. The van der Waals surface area contributed by atoms with Crippen molar-refractivity contribution in [1.29, 1.82) is 0 Å². The summed E-state index contributed by atoms with van der Waals surface area (Å²) in [6.07, 6.45) is 1.79. The molecule has 4 heteroatoms. The molecule has 2 rings (SSSR count). The lowest BCUT2D eigenvalue weighted by Crippen LogP contribution is -1.90. The topological polar surface area (TPSA) is 17.8 Å². The molecule has 0 saturated heterocycles. The Labute approximate surface area is 95.7 Å². The van der Waals surface area contributed by atoms with Crippen LogP contribution < -0.4 is 0 Å². The molecule has 72 valence electrons. The maximum Gasteiger partial charge on any atom is 0.147 e. The van der Waals surface area contributed by atoms with E-state index < -0.39 is 0 Å². The molecule has 1 aromatic heterocycles. The lowest BCUT2D eigenvalue weighted by atomic mass is 10.2. The van der Waals surface area contributed by atoms with E-state index in [2.05, 4.69) is 20.9 Å². The minimum atomic E-state index is 0.519. The van der Waals surface area contributed by atoms with Crippen LogP contribution in [0.4, 0.5) is 0 Å². The highest BCUT2D eigenvalue weighted by Gasteiger charge is 2.05. The van der Waals surface area contributed by atoms with Gasteiger partial charge in [-0.05, 0) is 12.1 Å². The molecule has 0 N–H and O–H groups in total. The Kier molecular flexibility index (Phi) is 2.61. The lowest BCUT2D eigenvalue weighted by Gasteiger charge is -2.00. The third kappa shape index (κ3) is 1.83. The molecule has 0 saturated carbocycles. The fourth-order valence-corrected chi connectivity index (χ4v) is 1.79. The minimum Gasteiger partial charge on any atom is -0.332 e. The lowest BCUT2D eigenvalue weighted by molar-refractivity contribution is 0.925. The van der Waals surface area contributed by atoms with Gasteiger partial charge in [0.05, 0.1) is 0 Å². The third-order valence-corrected chi connectivity index (χ3v) is 2.66. The largest absolute Gasteiger partial charge is 0.332 e. The first-order valence-corrected chi connectivity index (χ1v) is 5.29. The van der Waals surface area contributed by atoms with Gasteiger partial charge in [0.2, 0.25) is 0 Å². The molecule has 0 aliphatic heterocycles. The quantitative estimate of drug-likeness (QED) is 0.776. The van der Waals surface area contributed by atoms with E-state index in [0.717, 1.165) is 15.9 Å². The van der Waals surface area contributed by atoms with Crippen LogP contribution in [-0.4, -0.2) is 9.55 Å². The summed E-state index contributed by atoms with van der Waals surface area (Å²) in [5, 5.41) is 0.519. The second-order valence-electron chi connectivity index (χ2n) is 3.01. The van der Waals surface area contributed by atoms with Crippen LogP contribution in [-0.2, 0) is 7.05 Å². The van der Waals surface area contributed by atoms with E-state index in [1.54, 1.807) is 6.20 Å². The van der Waals surface area contributed by atoms with Crippen molar-refractivity contribution >= 4 is 27.5 Å². The fraction of sp³-hybridized carbons (Fsp3) is 0.100. The molecular formula is C10H8BrClN2. The van der Waals surface area contributed by atoms with Gasteiger partial charge in [-0.1, -0.05) is 39.7 Å². The maximum atomic E-state index is 5.81. The molecule has 2 nitrogen and oxygen atoms in total. The summed E-state index contributed by atoms with van der Waals surface area (Å²) >= 11 is 9.19. The van der Waals surface area contributed by atoms with Gasteiger partial charge in [0.25, 0.3) is 0 Å². The predicted octanol–water partition coefficient (Wildman–Crippen LogP) is 3.50. The van der Waals surface area contributed by atoms with Gasteiger partial charge in [-0.3, -0.25) is 0 Å². The first kappa shape index (κ1) is 9.74. The summed E-state index contributed by atoms with van der Waals surface area (Å²) in [5.41, 5.74) is 1.06. The number of aromatic nitrogens is 2. The van der Waals surface area contributed by atoms with E-state index in [0.29, 0.717) is 5.15 Å². The highest BCUT2D eigenvalue weighted by atomic mass is 79.9. The van der Waals surface area contributed by atoms with Crippen LogP contribution in [0.1, 0.15) is 0 Å². The average Bonchev–Trinajstić information content (AvgIpc) is 2.47. The van der Waals surface area contributed by atoms with Crippen molar-refractivity contribution in [2.24, 2.45) is 7.05 Å². The number of halogens is 2. The Morgan fingerprint density at radius 3 is 2.43 bits per heavy atom. The van der Waals surface area contributed by atoms with Crippen LogP contribution in [0, 0.1) is 0 Å². The number of hydrogen-bond donors (Lipinski definition) is 0. The Morgan fingerprint density at radius 1 is 1.29 bits per heavy atom. The van der Waals surface area contributed by atoms with Gasteiger partial charge in [-0.2, -0.15) is 0 Å². The standard InChI is InChI=1S/C10H8BrClN2/c1-14-6-9(12)13-10(14)7-2-4-8(11)5-3-7/h2-6H,1H3. The van der Waals surface area contributed by atoms with Gasteiger partial charge in [0.1, 0.15) is 11.0 Å². The van der Waals surface area contributed by atoms with Crippen molar-refractivity contribution < 1.29 is 0 Å². The van der Waals surface area contributed by atoms with Crippen molar-refractivity contribution in [1.82, 2.24) is 9.55 Å². The summed E-state index contributed by atoms with van der Waals surface area (Å²) in [4.78, 5) is 4.22. The normalized spacial score (nSPS) is 10.5. The molecule has 0 atom stereocenters. The van der Waals surface area contributed by atoms with Crippen LogP contribution in [0.5, 0.6) is 0 Å². The average molecular weight is 272 g/mol. The van der Waals surface area contributed by atoms with E-state index in [1.807, 2.05) is 35.9 Å². The monoisotopic (exact) mass is 270 g/mol. The highest BCUT2D eigenvalue weighted by Crippen LogP contribution is 2.21. The van der Waals surface area contributed by atoms with E-state index in [4.69, 9.17) is 11.6 Å². The van der Waals surface area contributed by atoms with Gasteiger partial charge in [-0.25, -0.2) is 4.98 Å². The number of nitrogens with zero attached hydrogens (tertiary/aromatic N) is 2. The fourth-order valence-electron chi connectivity index (χ4n) is 1.30. The van der Waals surface area contributed by atoms with Crippen LogP contribution >= 0.6 is 27.5 Å². The van der Waals surface area contributed by atoms with Crippen molar-refractivity contribution in [3.63, 3.8) is 0 Å². The Balaban J connectivity index is 2.49. The molecular weight excluding hydrogens is 263 g/mol. The van der Waals surface area contributed by atoms with E-state index >= 15 is 0 Å². The molecule has 0 fully saturated rings. The summed E-state index contributed by atoms with van der Waals surface area (Å²) in [6, 6.07) is 7.97. The van der Waals surface area contributed by atoms with Crippen LogP contribution in [0.3, 0.4) is 0 Å². The van der Waals surface area contributed by atoms with Gasteiger partial charge in [0.15, 0.2) is 0 Å². The van der Waals surface area contributed by atoms with Gasteiger partial charge in [0, 0.05) is 23.3 Å². The van der Waals surface area contributed by atoms with E-state index in [1.165, 1.54) is 0 Å². The molecule has 0 unspecified atom stereocenters. The summed E-state index contributed by atoms with van der Waals surface area (Å²) < 4.78 is 2.97. The molecule has 0 aliphatic rings. The van der Waals surface area contributed by atoms with Crippen LogP contribution in [0.15, 0.2) is 34.9 Å². The van der Waals surface area contributed by atoms with Gasteiger partial charge in [-0.15, -0.1) is 0 Å². The number of hydrogen-bond acceptors (Lipinski definition) is 1. The zero-order valence-corrected chi connectivity index (χ0v) is 9.88. The molecule has 1 heterocycles. The second kappa shape index (κ2) is 3.75. The van der Waals surface area contributed by atoms with Crippen LogP contribution in [0.25, 0.3) is 11.4 Å². The molecule has 0 amide bonds. The van der Waals surface area contributed by atoms with E-state index in [-0.39, 0.29) is 0 Å². The molecule has 0 aliphatic carbocycles. The summed E-state index contributed by atoms with van der Waals surface area (Å²) in [5.74, 6) is 0.877. The third-order valence-electron chi connectivity index (χ3n) is 1.95. The van der Waals surface area contributed by atoms with Crippen molar-refractivity contribution in [2.75, 3.05) is 0 Å². The van der Waals surface area contributed by atoms with Gasteiger partial charge < -0.3 is 4.57 Å². The number of imidazole rings is 1. The zero-order valence-electron chi connectivity index (χ0n) is 7.54. The molecule has 14 heavy (non-hydrogen) atoms.